The van der Waals surface area contributed by atoms with Crippen LogP contribution in [0.5, 0.6) is 0 Å². The highest BCUT2D eigenvalue weighted by Crippen LogP contribution is 2.12. The Kier molecular flexibility index (Phi) is 3.63. The van der Waals surface area contributed by atoms with E-state index in [-0.39, 0.29) is 12.1 Å². The number of amides is 1. The van der Waals surface area contributed by atoms with Gasteiger partial charge in [0.25, 0.3) is 11.5 Å². The molecular weight excluding hydrogens is 302 g/mol. The number of nitrogen functional groups attached to an aromatic ring is 1. The van der Waals surface area contributed by atoms with Gasteiger partial charge >= 0.3 is 0 Å². The van der Waals surface area contributed by atoms with Crippen LogP contribution in [-0.2, 0) is 6.54 Å². The maximum Gasteiger partial charge on any atom is 0.268 e. The Bertz CT molecular complexity index is 632. The zero-order valence-electron chi connectivity index (χ0n) is 9.22. The zero-order chi connectivity index (χ0) is 13.1. The van der Waals surface area contributed by atoms with Crippen molar-refractivity contribution in [2.45, 2.75) is 6.54 Å². The normalized spacial score (nSPS) is 10.3. The van der Waals surface area contributed by atoms with E-state index in [9.17, 15) is 9.59 Å². The summed E-state index contributed by atoms with van der Waals surface area (Å²) in [6, 6.07) is 4.57. The molecular formula is C11H10BrN3O3. The largest absolute Gasteiger partial charge is 0.467 e. The molecule has 3 N–H and O–H groups in total. The van der Waals surface area contributed by atoms with E-state index in [0.717, 1.165) is 4.47 Å². The van der Waals surface area contributed by atoms with Crippen LogP contribution in [0.2, 0.25) is 0 Å². The maximum absolute atomic E-state index is 11.6. The Hall–Kier alpha value is -1.86. The summed E-state index contributed by atoms with van der Waals surface area (Å²) in [5.41, 5.74) is 2.15. The second kappa shape index (κ2) is 5.19. The number of nitrogens with zero attached hydrogens (tertiary/aromatic N) is 1. The number of pyridine rings is 1. The summed E-state index contributed by atoms with van der Waals surface area (Å²) >= 11 is 3.27. The Balaban J connectivity index is 2.35. The zero-order valence-corrected chi connectivity index (χ0v) is 10.8. The number of hydrazine groups is 1. The van der Waals surface area contributed by atoms with Crippen molar-refractivity contribution < 1.29 is 9.21 Å². The highest BCUT2D eigenvalue weighted by atomic mass is 79.9. The first-order chi connectivity index (χ1) is 8.61. The summed E-state index contributed by atoms with van der Waals surface area (Å²) in [5.74, 6) is 4.98. The fourth-order valence-electron chi connectivity index (χ4n) is 1.52. The minimum absolute atomic E-state index is 0.161. The van der Waals surface area contributed by atoms with Crippen molar-refractivity contribution in [3.63, 3.8) is 0 Å². The number of hydrogen-bond donors (Lipinski definition) is 2. The van der Waals surface area contributed by atoms with E-state index in [1.54, 1.807) is 12.3 Å². The number of nitrogens with two attached hydrogens (primary N) is 1. The number of hydrogen-bond acceptors (Lipinski definition) is 4. The van der Waals surface area contributed by atoms with Gasteiger partial charge in [0.1, 0.15) is 5.76 Å². The monoisotopic (exact) mass is 311 g/mol. The third-order valence-electron chi connectivity index (χ3n) is 2.38. The molecule has 1 amide bonds. The smallest absolute Gasteiger partial charge is 0.268 e. The van der Waals surface area contributed by atoms with Crippen molar-refractivity contribution in [1.82, 2.24) is 9.99 Å². The second-order valence-electron chi connectivity index (χ2n) is 3.54. The number of halogens is 1. The predicted octanol–water partition coefficient (Wildman–Crippen LogP) is 0.856. The van der Waals surface area contributed by atoms with Crippen LogP contribution in [0.3, 0.4) is 0 Å². The Morgan fingerprint density at radius 3 is 2.94 bits per heavy atom. The lowest BCUT2D eigenvalue weighted by Gasteiger charge is -2.05. The molecule has 0 aliphatic rings. The molecule has 0 aromatic carbocycles. The van der Waals surface area contributed by atoms with Crippen LogP contribution in [0, 0.1) is 0 Å². The molecule has 0 saturated carbocycles. The quantitative estimate of drug-likeness (QED) is 0.499. The molecule has 0 aliphatic heterocycles. The van der Waals surface area contributed by atoms with Gasteiger partial charge in [-0.05, 0) is 28.1 Å². The number of furan rings is 1. The van der Waals surface area contributed by atoms with Crippen LogP contribution in [0.1, 0.15) is 16.1 Å². The molecule has 0 bridgehead atoms. The minimum Gasteiger partial charge on any atom is -0.467 e. The molecule has 0 unspecified atom stereocenters. The van der Waals surface area contributed by atoms with Gasteiger partial charge in [-0.15, -0.1) is 0 Å². The molecule has 0 atom stereocenters. The summed E-state index contributed by atoms with van der Waals surface area (Å²) in [4.78, 5) is 23.1. The van der Waals surface area contributed by atoms with Gasteiger partial charge in [-0.2, -0.15) is 0 Å². The SMILES string of the molecule is NNC(=O)c1ccoc1Cn1cc(Br)ccc1=O. The standard InChI is InChI=1S/C11H10BrN3O3/c12-7-1-2-10(16)15(5-7)6-9-8(3-4-18-9)11(17)14-13/h1-5H,6,13H2,(H,14,17). The molecule has 2 aromatic rings. The van der Waals surface area contributed by atoms with E-state index < -0.39 is 5.91 Å². The van der Waals surface area contributed by atoms with Gasteiger partial charge in [-0.3, -0.25) is 15.0 Å². The fourth-order valence-corrected chi connectivity index (χ4v) is 1.90. The molecule has 2 rings (SSSR count). The van der Waals surface area contributed by atoms with Gasteiger partial charge in [0, 0.05) is 16.7 Å². The molecule has 94 valence electrons. The number of aromatic nitrogens is 1. The van der Waals surface area contributed by atoms with Crippen LogP contribution in [0.15, 0.2) is 44.3 Å². The first-order valence-electron chi connectivity index (χ1n) is 5.05. The summed E-state index contributed by atoms with van der Waals surface area (Å²) in [6.45, 7) is 0.161. The van der Waals surface area contributed by atoms with E-state index in [2.05, 4.69) is 15.9 Å². The first-order valence-corrected chi connectivity index (χ1v) is 5.84. The van der Waals surface area contributed by atoms with Crippen molar-refractivity contribution in [2.75, 3.05) is 0 Å². The topological polar surface area (TPSA) is 90.3 Å². The lowest BCUT2D eigenvalue weighted by atomic mass is 10.2. The molecule has 2 heterocycles. The highest BCUT2D eigenvalue weighted by molar-refractivity contribution is 9.10. The van der Waals surface area contributed by atoms with Gasteiger partial charge in [-0.1, -0.05) is 0 Å². The maximum atomic E-state index is 11.6. The van der Waals surface area contributed by atoms with E-state index >= 15 is 0 Å². The van der Waals surface area contributed by atoms with Gasteiger partial charge in [0.15, 0.2) is 0 Å². The van der Waals surface area contributed by atoms with Gasteiger partial charge in [0.05, 0.1) is 18.4 Å². The van der Waals surface area contributed by atoms with Crippen molar-refractivity contribution in [3.05, 3.63) is 56.8 Å². The fraction of sp³-hybridized carbons (Fsp3) is 0.0909. The summed E-state index contributed by atoms with van der Waals surface area (Å²) in [5, 5.41) is 0. The van der Waals surface area contributed by atoms with Crippen LogP contribution >= 0.6 is 15.9 Å². The lowest BCUT2D eigenvalue weighted by molar-refractivity contribution is 0.0951. The minimum atomic E-state index is -0.457. The average Bonchev–Trinajstić information content (AvgIpc) is 2.81. The van der Waals surface area contributed by atoms with E-state index in [4.69, 9.17) is 10.3 Å². The van der Waals surface area contributed by atoms with E-state index in [1.165, 1.54) is 23.0 Å². The molecule has 0 fully saturated rings. The number of carbonyl (C=O) groups excluding carboxylic acids is 1. The summed E-state index contributed by atoms with van der Waals surface area (Å²) < 4.78 is 7.38. The van der Waals surface area contributed by atoms with Gasteiger partial charge < -0.3 is 8.98 Å². The van der Waals surface area contributed by atoms with Crippen LogP contribution in [0.25, 0.3) is 0 Å². The Morgan fingerprint density at radius 1 is 1.44 bits per heavy atom. The van der Waals surface area contributed by atoms with E-state index in [0.29, 0.717) is 11.3 Å². The second-order valence-corrected chi connectivity index (χ2v) is 4.46. The molecule has 6 nitrogen and oxygen atoms in total. The van der Waals surface area contributed by atoms with Crippen molar-refractivity contribution in [3.8, 4) is 0 Å². The van der Waals surface area contributed by atoms with Gasteiger partial charge in [-0.25, -0.2) is 5.84 Å². The van der Waals surface area contributed by atoms with Crippen molar-refractivity contribution in [1.29, 1.82) is 0 Å². The van der Waals surface area contributed by atoms with Gasteiger partial charge in [0.2, 0.25) is 0 Å². The Morgan fingerprint density at radius 2 is 2.22 bits per heavy atom. The molecule has 0 spiro atoms. The van der Waals surface area contributed by atoms with Crippen molar-refractivity contribution >= 4 is 21.8 Å². The molecule has 7 heteroatoms. The number of carbonyl (C=O) groups is 1. The third-order valence-corrected chi connectivity index (χ3v) is 2.85. The molecule has 0 radical (unpaired) electrons. The van der Waals surface area contributed by atoms with E-state index in [1.807, 2.05) is 5.43 Å². The molecule has 2 aromatic heterocycles. The van der Waals surface area contributed by atoms with Crippen LogP contribution in [-0.4, -0.2) is 10.5 Å². The first kappa shape index (κ1) is 12.6. The van der Waals surface area contributed by atoms with Crippen LogP contribution < -0.4 is 16.8 Å². The highest BCUT2D eigenvalue weighted by Gasteiger charge is 2.14. The number of rotatable bonds is 3. The van der Waals surface area contributed by atoms with Crippen molar-refractivity contribution in [2.24, 2.45) is 5.84 Å². The molecule has 0 saturated heterocycles. The average molecular weight is 312 g/mol. The molecule has 18 heavy (non-hydrogen) atoms. The lowest BCUT2D eigenvalue weighted by Crippen LogP contribution is -2.30. The molecule has 0 aliphatic carbocycles. The van der Waals surface area contributed by atoms with Crippen LogP contribution in [0.4, 0.5) is 0 Å². The predicted molar refractivity (Wildman–Crippen MR) is 67.9 cm³/mol. The summed E-state index contributed by atoms with van der Waals surface area (Å²) in [7, 11) is 0. The number of nitrogens with one attached hydrogen (secondary N) is 1. The Labute approximate surface area is 110 Å². The summed E-state index contributed by atoms with van der Waals surface area (Å²) in [6.07, 6.45) is 3.00. The third kappa shape index (κ3) is 2.52.